The summed E-state index contributed by atoms with van der Waals surface area (Å²) in [5.74, 6) is -0.368. The molecule has 0 fully saturated rings. The highest BCUT2D eigenvalue weighted by Crippen LogP contribution is 2.12. The maximum atomic E-state index is 11.9. The van der Waals surface area contributed by atoms with Gasteiger partial charge in [-0.25, -0.2) is 12.7 Å². The largest absolute Gasteiger partial charge is 0.326 e. The lowest BCUT2D eigenvalue weighted by molar-refractivity contribution is -0.116. The molecule has 0 aliphatic rings. The fourth-order valence-corrected chi connectivity index (χ4v) is 2.90. The van der Waals surface area contributed by atoms with E-state index < -0.39 is 10.0 Å². The summed E-state index contributed by atoms with van der Waals surface area (Å²) in [5, 5.41) is 2.67. The lowest BCUT2D eigenvalue weighted by Gasteiger charge is -2.18. The Morgan fingerprint density at radius 2 is 1.91 bits per heavy atom. The van der Waals surface area contributed by atoms with Gasteiger partial charge < -0.3 is 5.32 Å². The van der Waals surface area contributed by atoms with Gasteiger partial charge in [0.05, 0.1) is 6.26 Å². The highest BCUT2D eigenvalue weighted by molar-refractivity contribution is 7.88. The van der Waals surface area contributed by atoms with Crippen molar-refractivity contribution in [2.24, 2.45) is 0 Å². The number of carbonyl (C=O) groups is 2. The molecule has 0 radical (unpaired) electrons. The molecule has 7 heteroatoms. The maximum Gasteiger partial charge on any atom is 0.225 e. The van der Waals surface area contributed by atoms with Crippen LogP contribution in [0.2, 0.25) is 0 Å². The van der Waals surface area contributed by atoms with Gasteiger partial charge in [-0.2, -0.15) is 0 Å². The standard InChI is InChI=1S/C15H22N2O4S/c1-4-9-17(22(3,20)21)10-8-15(19)16-14-7-5-6-13(11-14)12(2)18/h5-7,11H,4,8-10H2,1-3H3,(H,16,19). The number of rotatable bonds is 8. The summed E-state index contributed by atoms with van der Waals surface area (Å²) in [6, 6.07) is 6.64. The van der Waals surface area contributed by atoms with Crippen LogP contribution in [0.25, 0.3) is 0 Å². The lowest BCUT2D eigenvalue weighted by atomic mass is 10.1. The third-order valence-electron chi connectivity index (χ3n) is 3.08. The Labute approximate surface area is 131 Å². The minimum Gasteiger partial charge on any atom is -0.326 e. The third kappa shape index (κ3) is 5.95. The van der Waals surface area contributed by atoms with Gasteiger partial charge in [0.15, 0.2) is 5.78 Å². The number of nitrogens with one attached hydrogen (secondary N) is 1. The average molecular weight is 326 g/mol. The van der Waals surface area contributed by atoms with E-state index in [1.165, 1.54) is 11.2 Å². The van der Waals surface area contributed by atoms with E-state index in [-0.39, 0.29) is 24.7 Å². The fraction of sp³-hybridized carbons (Fsp3) is 0.467. The van der Waals surface area contributed by atoms with Gasteiger partial charge in [-0.15, -0.1) is 0 Å². The van der Waals surface area contributed by atoms with Gasteiger partial charge in [0, 0.05) is 30.8 Å². The molecule has 0 heterocycles. The van der Waals surface area contributed by atoms with Crippen LogP contribution in [0.1, 0.15) is 37.0 Å². The first-order valence-electron chi connectivity index (χ1n) is 7.10. The molecular weight excluding hydrogens is 304 g/mol. The Balaban J connectivity index is 2.63. The van der Waals surface area contributed by atoms with Crippen molar-refractivity contribution < 1.29 is 18.0 Å². The SMILES string of the molecule is CCCN(CCC(=O)Nc1cccc(C(C)=O)c1)S(C)(=O)=O. The van der Waals surface area contributed by atoms with E-state index in [2.05, 4.69) is 5.32 Å². The first kappa shape index (κ1) is 18.3. The van der Waals surface area contributed by atoms with E-state index in [0.29, 0.717) is 24.2 Å². The highest BCUT2D eigenvalue weighted by atomic mass is 32.2. The number of amides is 1. The molecule has 1 aromatic carbocycles. The number of benzene rings is 1. The number of carbonyl (C=O) groups excluding carboxylic acids is 2. The first-order chi connectivity index (χ1) is 10.2. The number of hydrogen-bond donors (Lipinski definition) is 1. The van der Waals surface area contributed by atoms with Crippen molar-refractivity contribution in [1.29, 1.82) is 0 Å². The van der Waals surface area contributed by atoms with Gasteiger partial charge in [-0.3, -0.25) is 9.59 Å². The zero-order valence-corrected chi connectivity index (χ0v) is 13.9. The van der Waals surface area contributed by atoms with Crippen molar-refractivity contribution in [3.05, 3.63) is 29.8 Å². The van der Waals surface area contributed by atoms with E-state index in [0.717, 1.165) is 6.26 Å². The van der Waals surface area contributed by atoms with E-state index in [1.54, 1.807) is 24.3 Å². The topological polar surface area (TPSA) is 83.6 Å². The van der Waals surface area contributed by atoms with Crippen molar-refractivity contribution >= 4 is 27.4 Å². The molecule has 0 saturated heterocycles. The second-order valence-corrected chi connectivity index (χ2v) is 7.08. The molecule has 0 bridgehead atoms. The van der Waals surface area contributed by atoms with Crippen LogP contribution < -0.4 is 5.32 Å². The van der Waals surface area contributed by atoms with Crippen molar-refractivity contribution in [2.75, 3.05) is 24.7 Å². The predicted octanol–water partition coefficient (Wildman–Crippen LogP) is 1.89. The summed E-state index contributed by atoms with van der Waals surface area (Å²) < 4.78 is 24.4. The van der Waals surface area contributed by atoms with Crippen molar-refractivity contribution in [3.8, 4) is 0 Å². The Morgan fingerprint density at radius 1 is 1.23 bits per heavy atom. The summed E-state index contributed by atoms with van der Waals surface area (Å²) in [6.07, 6.45) is 1.89. The van der Waals surface area contributed by atoms with Crippen LogP contribution in [0.5, 0.6) is 0 Å². The van der Waals surface area contributed by atoms with E-state index in [4.69, 9.17) is 0 Å². The van der Waals surface area contributed by atoms with E-state index in [1.807, 2.05) is 6.92 Å². The Hall–Kier alpha value is -1.73. The number of ketones is 1. The summed E-state index contributed by atoms with van der Waals surface area (Å²) in [7, 11) is -3.30. The van der Waals surface area contributed by atoms with Crippen LogP contribution in [0.15, 0.2) is 24.3 Å². The second kappa shape index (κ2) is 8.05. The maximum absolute atomic E-state index is 11.9. The van der Waals surface area contributed by atoms with Crippen LogP contribution >= 0.6 is 0 Å². The van der Waals surface area contributed by atoms with Crippen LogP contribution in [-0.4, -0.2) is 43.8 Å². The molecule has 0 aromatic heterocycles. The summed E-state index contributed by atoms with van der Waals surface area (Å²) in [4.78, 5) is 23.2. The Bertz CT molecular complexity index is 641. The lowest BCUT2D eigenvalue weighted by Crippen LogP contribution is -2.33. The molecule has 1 aromatic rings. The second-order valence-electron chi connectivity index (χ2n) is 5.10. The number of anilines is 1. The van der Waals surface area contributed by atoms with Gasteiger partial charge in [0.1, 0.15) is 0 Å². The molecule has 1 amide bonds. The monoisotopic (exact) mass is 326 g/mol. The predicted molar refractivity (Wildman–Crippen MR) is 86.4 cm³/mol. The van der Waals surface area contributed by atoms with Crippen LogP contribution in [-0.2, 0) is 14.8 Å². The van der Waals surface area contributed by atoms with Crippen LogP contribution in [0, 0.1) is 0 Å². The minimum atomic E-state index is -3.30. The Kier molecular flexibility index (Phi) is 6.70. The molecule has 1 N–H and O–H groups in total. The molecule has 0 spiro atoms. The Morgan fingerprint density at radius 3 is 2.45 bits per heavy atom. The summed E-state index contributed by atoms with van der Waals surface area (Å²) in [5.41, 5.74) is 1.04. The molecule has 0 saturated carbocycles. The molecule has 122 valence electrons. The number of hydrogen-bond acceptors (Lipinski definition) is 4. The van der Waals surface area contributed by atoms with Crippen molar-refractivity contribution in [2.45, 2.75) is 26.7 Å². The molecule has 22 heavy (non-hydrogen) atoms. The van der Waals surface area contributed by atoms with Gasteiger partial charge >= 0.3 is 0 Å². The van der Waals surface area contributed by atoms with Gasteiger partial charge in [-0.1, -0.05) is 19.1 Å². The molecule has 1 rings (SSSR count). The number of Topliss-reactive ketones (excluding diaryl/α,β-unsaturated/α-hetero) is 1. The first-order valence-corrected chi connectivity index (χ1v) is 8.95. The molecule has 0 aliphatic heterocycles. The molecule has 0 aliphatic carbocycles. The third-order valence-corrected chi connectivity index (χ3v) is 4.39. The van der Waals surface area contributed by atoms with E-state index in [9.17, 15) is 18.0 Å². The zero-order valence-electron chi connectivity index (χ0n) is 13.1. The fourth-order valence-electron chi connectivity index (χ4n) is 1.96. The number of nitrogens with zero attached hydrogens (tertiary/aromatic N) is 1. The van der Waals surface area contributed by atoms with Gasteiger partial charge in [0.25, 0.3) is 0 Å². The quantitative estimate of drug-likeness (QED) is 0.739. The van der Waals surface area contributed by atoms with Crippen LogP contribution in [0.4, 0.5) is 5.69 Å². The minimum absolute atomic E-state index is 0.0668. The summed E-state index contributed by atoms with van der Waals surface area (Å²) in [6.45, 7) is 3.87. The summed E-state index contributed by atoms with van der Waals surface area (Å²) >= 11 is 0. The zero-order chi connectivity index (χ0) is 16.8. The molecule has 0 unspecified atom stereocenters. The van der Waals surface area contributed by atoms with Crippen molar-refractivity contribution in [3.63, 3.8) is 0 Å². The molecule has 0 atom stereocenters. The van der Waals surface area contributed by atoms with Gasteiger partial charge in [0.2, 0.25) is 15.9 Å². The smallest absolute Gasteiger partial charge is 0.225 e. The highest BCUT2D eigenvalue weighted by Gasteiger charge is 2.16. The molecule has 6 nitrogen and oxygen atoms in total. The van der Waals surface area contributed by atoms with Crippen LogP contribution in [0.3, 0.4) is 0 Å². The van der Waals surface area contributed by atoms with Crippen molar-refractivity contribution in [1.82, 2.24) is 4.31 Å². The average Bonchev–Trinajstić information content (AvgIpc) is 2.42. The van der Waals surface area contributed by atoms with E-state index >= 15 is 0 Å². The van der Waals surface area contributed by atoms with Gasteiger partial charge in [-0.05, 0) is 25.5 Å². The molecular formula is C15H22N2O4S. The number of sulfonamides is 1. The normalized spacial score (nSPS) is 11.5.